The highest BCUT2D eigenvalue weighted by Gasteiger charge is 2.52. The van der Waals surface area contributed by atoms with Crippen molar-refractivity contribution in [2.45, 2.75) is 45.1 Å². The fourth-order valence-electron chi connectivity index (χ4n) is 3.37. The lowest BCUT2D eigenvalue weighted by atomic mass is 9.85. The van der Waals surface area contributed by atoms with Crippen LogP contribution in [-0.4, -0.2) is 25.0 Å². The van der Waals surface area contributed by atoms with E-state index in [1.165, 1.54) is 0 Å². The fourth-order valence-corrected chi connectivity index (χ4v) is 3.37. The molecule has 0 saturated heterocycles. The molecule has 0 aliphatic heterocycles. The van der Waals surface area contributed by atoms with E-state index in [2.05, 4.69) is 12.2 Å². The number of carbonyl (C=O) groups excluding carboxylic acids is 2. The van der Waals surface area contributed by atoms with Crippen molar-refractivity contribution in [2.75, 3.05) is 6.54 Å². The maximum atomic E-state index is 12.1. The summed E-state index contributed by atoms with van der Waals surface area (Å²) in [5.41, 5.74) is 0. The maximum absolute atomic E-state index is 12.1. The Labute approximate surface area is 102 Å². The molecule has 17 heavy (non-hydrogen) atoms. The van der Waals surface area contributed by atoms with Crippen molar-refractivity contribution in [1.82, 2.24) is 5.32 Å². The van der Waals surface area contributed by atoms with Crippen molar-refractivity contribution < 1.29 is 14.3 Å². The number of unbranched alkanes of at least 4 members (excludes halogenated alkanes) is 1. The molecule has 2 fully saturated rings. The SMILES string of the molecule is CCCCNC(=O)C1C2CCC(C2)C1OC=O. The Kier molecular flexibility index (Phi) is 4.02. The molecule has 4 atom stereocenters. The molecule has 0 aromatic carbocycles. The minimum atomic E-state index is -0.173. The molecule has 0 radical (unpaired) electrons. The molecule has 2 saturated carbocycles. The molecule has 2 bridgehead atoms. The molecule has 96 valence electrons. The van der Waals surface area contributed by atoms with Crippen molar-refractivity contribution in [1.29, 1.82) is 0 Å². The largest absolute Gasteiger partial charge is 0.463 e. The average Bonchev–Trinajstić information content (AvgIpc) is 2.90. The van der Waals surface area contributed by atoms with Gasteiger partial charge in [0.05, 0.1) is 5.92 Å². The molecule has 0 spiro atoms. The first-order valence-electron chi connectivity index (χ1n) is 6.64. The highest BCUT2D eigenvalue weighted by molar-refractivity contribution is 5.80. The quantitative estimate of drug-likeness (QED) is 0.564. The summed E-state index contributed by atoms with van der Waals surface area (Å²) in [4.78, 5) is 22.6. The summed E-state index contributed by atoms with van der Waals surface area (Å²) >= 11 is 0. The Bertz CT molecular complexity index is 292. The lowest BCUT2D eigenvalue weighted by Crippen LogP contribution is -2.42. The van der Waals surface area contributed by atoms with E-state index in [0.29, 0.717) is 18.3 Å². The van der Waals surface area contributed by atoms with E-state index >= 15 is 0 Å². The fraction of sp³-hybridized carbons (Fsp3) is 0.846. The van der Waals surface area contributed by atoms with Gasteiger partial charge in [0.2, 0.25) is 5.91 Å². The lowest BCUT2D eigenvalue weighted by molar-refractivity contribution is -0.144. The Morgan fingerprint density at radius 2 is 2.18 bits per heavy atom. The maximum Gasteiger partial charge on any atom is 0.293 e. The first-order valence-corrected chi connectivity index (χ1v) is 6.64. The van der Waals surface area contributed by atoms with Gasteiger partial charge in [-0.3, -0.25) is 9.59 Å². The zero-order valence-corrected chi connectivity index (χ0v) is 10.4. The molecule has 1 amide bonds. The van der Waals surface area contributed by atoms with Gasteiger partial charge in [0.15, 0.2) is 0 Å². The number of rotatable bonds is 6. The molecule has 4 nitrogen and oxygen atoms in total. The molecular formula is C13H21NO3. The van der Waals surface area contributed by atoms with Gasteiger partial charge in [-0.2, -0.15) is 0 Å². The standard InChI is InChI=1S/C13H21NO3/c1-2-3-6-14-13(16)11-9-4-5-10(7-9)12(11)17-8-15/h8-12H,2-7H2,1H3,(H,14,16). The summed E-state index contributed by atoms with van der Waals surface area (Å²) in [5.74, 6) is 0.812. The van der Waals surface area contributed by atoms with Gasteiger partial charge in [0.1, 0.15) is 6.10 Å². The molecule has 1 N–H and O–H groups in total. The minimum absolute atomic E-state index is 0.0810. The first kappa shape index (κ1) is 12.4. The number of ether oxygens (including phenoxy) is 1. The van der Waals surface area contributed by atoms with E-state index in [4.69, 9.17) is 4.74 Å². The third kappa shape index (κ3) is 2.45. The van der Waals surface area contributed by atoms with Crippen molar-refractivity contribution in [3.63, 3.8) is 0 Å². The average molecular weight is 239 g/mol. The molecule has 2 aliphatic carbocycles. The molecule has 4 heteroatoms. The summed E-state index contributed by atoms with van der Waals surface area (Å²) in [6.07, 6.45) is 5.16. The van der Waals surface area contributed by atoms with E-state index in [0.717, 1.165) is 38.6 Å². The summed E-state index contributed by atoms with van der Waals surface area (Å²) in [6.45, 7) is 3.33. The van der Waals surface area contributed by atoms with Crippen LogP contribution < -0.4 is 5.32 Å². The predicted octanol–water partition coefficient (Wildman–Crippen LogP) is 1.49. The predicted molar refractivity (Wildman–Crippen MR) is 63.2 cm³/mol. The van der Waals surface area contributed by atoms with Crippen molar-refractivity contribution in [2.24, 2.45) is 17.8 Å². The summed E-state index contributed by atoms with van der Waals surface area (Å²) in [7, 11) is 0. The summed E-state index contributed by atoms with van der Waals surface area (Å²) in [6, 6.07) is 0. The first-order chi connectivity index (χ1) is 8.27. The zero-order valence-electron chi connectivity index (χ0n) is 10.4. The second-order valence-electron chi connectivity index (χ2n) is 5.20. The monoisotopic (exact) mass is 239 g/mol. The van der Waals surface area contributed by atoms with E-state index in [1.807, 2.05) is 0 Å². The van der Waals surface area contributed by atoms with Crippen molar-refractivity contribution in [3.05, 3.63) is 0 Å². The van der Waals surface area contributed by atoms with Crippen LogP contribution in [-0.2, 0) is 14.3 Å². The molecule has 0 heterocycles. The van der Waals surface area contributed by atoms with E-state index in [9.17, 15) is 9.59 Å². The topological polar surface area (TPSA) is 55.4 Å². The number of amides is 1. The van der Waals surface area contributed by atoms with Gasteiger partial charge < -0.3 is 10.1 Å². The van der Waals surface area contributed by atoms with Crippen LogP contribution in [0.3, 0.4) is 0 Å². The van der Waals surface area contributed by atoms with Crippen LogP contribution in [0.2, 0.25) is 0 Å². The Hall–Kier alpha value is -1.06. The molecule has 4 unspecified atom stereocenters. The van der Waals surface area contributed by atoms with Crippen LogP contribution in [0.25, 0.3) is 0 Å². The Morgan fingerprint density at radius 1 is 1.41 bits per heavy atom. The number of hydrogen-bond donors (Lipinski definition) is 1. The number of nitrogens with one attached hydrogen (secondary N) is 1. The normalized spacial score (nSPS) is 34.6. The van der Waals surface area contributed by atoms with Gasteiger partial charge in [-0.25, -0.2) is 0 Å². The molecular weight excluding hydrogens is 218 g/mol. The van der Waals surface area contributed by atoms with Gasteiger partial charge in [0.25, 0.3) is 6.47 Å². The molecule has 2 aliphatic rings. The number of carbonyl (C=O) groups is 2. The molecule has 0 aromatic rings. The van der Waals surface area contributed by atoms with Crippen LogP contribution in [0.4, 0.5) is 0 Å². The second kappa shape index (κ2) is 5.52. The minimum Gasteiger partial charge on any atom is -0.463 e. The smallest absolute Gasteiger partial charge is 0.293 e. The van der Waals surface area contributed by atoms with E-state index in [-0.39, 0.29) is 17.9 Å². The second-order valence-corrected chi connectivity index (χ2v) is 5.20. The van der Waals surface area contributed by atoms with E-state index in [1.54, 1.807) is 0 Å². The zero-order chi connectivity index (χ0) is 12.3. The number of hydrogen-bond acceptors (Lipinski definition) is 3. The van der Waals surface area contributed by atoms with Gasteiger partial charge >= 0.3 is 0 Å². The third-order valence-electron chi connectivity index (χ3n) is 4.19. The van der Waals surface area contributed by atoms with E-state index < -0.39 is 0 Å². The molecule has 2 rings (SSSR count). The summed E-state index contributed by atoms with van der Waals surface area (Å²) in [5, 5.41) is 2.96. The van der Waals surface area contributed by atoms with Crippen molar-refractivity contribution >= 4 is 12.4 Å². The Balaban J connectivity index is 1.93. The van der Waals surface area contributed by atoms with Crippen LogP contribution in [0.1, 0.15) is 39.0 Å². The van der Waals surface area contributed by atoms with Crippen LogP contribution in [0.5, 0.6) is 0 Å². The highest BCUT2D eigenvalue weighted by atomic mass is 16.5. The molecule has 0 aromatic heterocycles. The van der Waals surface area contributed by atoms with Gasteiger partial charge in [0, 0.05) is 6.54 Å². The van der Waals surface area contributed by atoms with Crippen LogP contribution in [0.15, 0.2) is 0 Å². The number of fused-ring (bicyclic) bond motifs is 2. The van der Waals surface area contributed by atoms with Gasteiger partial charge in [-0.15, -0.1) is 0 Å². The van der Waals surface area contributed by atoms with Gasteiger partial charge in [-0.05, 0) is 37.5 Å². The highest BCUT2D eigenvalue weighted by Crippen LogP contribution is 2.49. The third-order valence-corrected chi connectivity index (χ3v) is 4.19. The van der Waals surface area contributed by atoms with Gasteiger partial charge in [-0.1, -0.05) is 13.3 Å². The lowest BCUT2D eigenvalue weighted by Gasteiger charge is -2.28. The summed E-state index contributed by atoms with van der Waals surface area (Å²) < 4.78 is 5.14. The van der Waals surface area contributed by atoms with Crippen LogP contribution >= 0.6 is 0 Å². The van der Waals surface area contributed by atoms with Crippen molar-refractivity contribution in [3.8, 4) is 0 Å². The van der Waals surface area contributed by atoms with Crippen LogP contribution in [0, 0.1) is 17.8 Å². The Morgan fingerprint density at radius 3 is 2.88 bits per heavy atom.